The number of benzene rings is 1. The highest BCUT2D eigenvalue weighted by Crippen LogP contribution is 2.16. The molecule has 3 atom stereocenters. The van der Waals surface area contributed by atoms with E-state index in [1.807, 2.05) is 38.1 Å². The second kappa shape index (κ2) is 7.26. The number of carboxylic acid groups (broad SMARTS) is 1. The minimum atomic E-state index is -0.809. The molecule has 0 aliphatic rings. The third-order valence-corrected chi connectivity index (χ3v) is 3.62. The highest BCUT2D eigenvalue weighted by Gasteiger charge is 2.13. The Morgan fingerprint density at radius 2 is 1.79 bits per heavy atom. The second-order valence-corrected chi connectivity index (χ2v) is 5.13. The van der Waals surface area contributed by atoms with Crippen molar-refractivity contribution in [2.45, 2.75) is 39.3 Å². The Balaban J connectivity index is 2.55. The molecule has 1 aromatic rings. The zero-order valence-corrected chi connectivity index (χ0v) is 11.8. The van der Waals surface area contributed by atoms with Gasteiger partial charge in [-0.3, -0.25) is 4.79 Å². The summed E-state index contributed by atoms with van der Waals surface area (Å²) >= 11 is 0. The molecule has 0 saturated carbocycles. The average molecular weight is 265 g/mol. The molecular weight excluding hydrogens is 242 g/mol. The molecule has 1 rings (SSSR count). The molecule has 0 aromatic heterocycles. The van der Waals surface area contributed by atoms with Gasteiger partial charge in [-0.25, -0.2) is 0 Å². The first-order valence-electron chi connectivity index (χ1n) is 6.61. The van der Waals surface area contributed by atoms with Crippen LogP contribution in [0.25, 0.3) is 0 Å². The number of hydrogen-bond donors (Lipinski definition) is 3. The van der Waals surface area contributed by atoms with Gasteiger partial charge in [0.25, 0.3) is 0 Å². The average Bonchev–Trinajstić information content (AvgIpc) is 2.43. The summed E-state index contributed by atoms with van der Waals surface area (Å²) in [6.07, 6.45) is 0. The zero-order valence-electron chi connectivity index (χ0n) is 11.8. The predicted octanol–water partition coefficient (Wildman–Crippen LogP) is 1.98. The largest absolute Gasteiger partial charge is 0.481 e. The quantitative estimate of drug-likeness (QED) is 0.705. The zero-order chi connectivity index (χ0) is 14.4. The summed E-state index contributed by atoms with van der Waals surface area (Å²) in [7, 11) is 0. The molecule has 4 nitrogen and oxygen atoms in total. The van der Waals surface area contributed by atoms with E-state index in [1.165, 1.54) is 0 Å². The van der Waals surface area contributed by atoms with Gasteiger partial charge >= 0.3 is 5.97 Å². The van der Waals surface area contributed by atoms with E-state index in [9.17, 15) is 4.79 Å². The van der Waals surface area contributed by atoms with Crippen LogP contribution in [0.15, 0.2) is 24.3 Å². The Bertz CT molecular complexity index is 402. The van der Waals surface area contributed by atoms with Crippen molar-refractivity contribution in [1.29, 1.82) is 0 Å². The molecule has 0 spiro atoms. The van der Waals surface area contributed by atoms with Crippen molar-refractivity contribution < 1.29 is 15.0 Å². The lowest BCUT2D eigenvalue weighted by molar-refractivity contribution is -0.138. The van der Waals surface area contributed by atoms with Crippen LogP contribution in [0.3, 0.4) is 0 Å². The molecule has 0 bridgehead atoms. The van der Waals surface area contributed by atoms with Crippen LogP contribution in [0.1, 0.15) is 37.8 Å². The minimum Gasteiger partial charge on any atom is -0.481 e. The third-order valence-electron chi connectivity index (χ3n) is 3.62. The number of aliphatic hydroxyl groups is 1. The molecule has 4 heteroatoms. The second-order valence-electron chi connectivity index (χ2n) is 5.13. The van der Waals surface area contributed by atoms with Crippen LogP contribution in [0, 0.1) is 5.92 Å². The van der Waals surface area contributed by atoms with Crippen LogP contribution in [0.2, 0.25) is 0 Å². The standard InChI is InChI=1S/C15H23NO3/c1-10(9-17)12(3)16-8-13-4-6-14(7-5-13)11(2)15(18)19/h4-7,10-12,16-17H,8-9H2,1-3H3,(H,18,19). The first-order chi connectivity index (χ1) is 8.95. The Kier molecular flexibility index (Phi) is 5.99. The fraction of sp³-hybridized carbons (Fsp3) is 0.533. The number of hydrogen-bond acceptors (Lipinski definition) is 3. The van der Waals surface area contributed by atoms with Crippen molar-refractivity contribution in [1.82, 2.24) is 5.32 Å². The van der Waals surface area contributed by atoms with E-state index in [4.69, 9.17) is 10.2 Å². The van der Waals surface area contributed by atoms with Gasteiger partial charge in [-0.2, -0.15) is 0 Å². The lowest BCUT2D eigenvalue weighted by Gasteiger charge is -2.19. The molecule has 0 saturated heterocycles. The molecule has 0 aliphatic carbocycles. The van der Waals surface area contributed by atoms with Crippen molar-refractivity contribution in [3.8, 4) is 0 Å². The van der Waals surface area contributed by atoms with Crippen molar-refractivity contribution in [3.63, 3.8) is 0 Å². The van der Waals surface area contributed by atoms with Gasteiger partial charge in [-0.1, -0.05) is 31.2 Å². The molecule has 0 fully saturated rings. The van der Waals surface area contributed by atoms with E-state index in [0.29, 0.717) is 6.54 Å². The fourth-order valence-electron chi connectivity index (χ4n) is 1.70. The van der Waals surface area contributed by atoms with E-state index >= 15 is 0 Å². The smallest absolute Gasteiger partial charge is 0.310 e. The molecule has 0 aliphatic heterocycles. The van der Waals surface area contributed by atoms with Crippen molar-refractivity contribution in [2.75, 3.05) is 6.61 Å². The maximum absolute atomic E-state index is 10.9. The first kappa shape index (κ1) is 15.7. The van der Waals surface area contributed by atoms with E-state index in [-0.39, 0.29) is 18.6 Å². The Morgan fingerprint density at radius 3 is 2.26 bits per heavy atom. The highest BCUT2D eigenvalue weighted by atomic mass is 16.4. The number of aliphatic carboxylic acids is 1. The molecule has 3 unspecified atom stereocenters. The number of rotatable bonds is 7. The summed E-state index contributed by atoms with van der Waals surface area (Å²) in [6.45, 7) is 6.61. The molecule has 3 N–H and O–H groups in total. The van der Waals surface area contributed by atoms with Gasteiger partial charge in [0.2, 0.25) is 0 Å². The number of nitrogens with one attached hydrogen (secondary N) is 1. The van der Waals surface area contributed by atoms with Crippen LogP contribution < -0.4 is 5.32 Å². The summed E-state index contributed by atoms with van der Waals surface area (Å²) < 4.78 is 0. The maximum atomic E-state index is 10.9. The summed E-state index contributed by atoms with van der Waals surface area (Å²) in [6, 6.07) is 7.84. The highest BCUT2D eigenvalue weighted by molar-refractivity contribution is 5.75. The predicted molar refractivity (Wildman–Crippen MR) is 75.0 cm³/mol. The van der Waals surface area contributed by atoms with E-state index in [2.05, 4.69) is 5.32 Å². The molecule has 19 heavy (non-hydrogen) atoms. The topological polar surface area (TPSA) is 69.6 Å². The molecule has 1 aromatic carbocycles. The lowest BCUT2D eigenvalue weighted by atomic mass is 10.00. The van der Waals surface area contributed by atoms with Crippen molar-refractivity contribution in [2.24, 2.45) is 5.92 Å². The Morgan fingerprint density at radius 1 is 1.21 bits per heavy atom. The number of carbonyl (C=O) groups is 1. The SMILES string of the molecule is CC(C(=O)O)c1ccc(CNC(C)C(C)CO)cc1. The maximum Gasteiger partial charge on any atom is 0.310 e. The van der Waals surface area contributed by atoms with Gasteiger partial charge in [0.05, 0.1) is 5.92 Å². The third kappa shape index (κ3) is 4.65. The first-order valence-corrected chi connectivity index (χ1v) is 6.61. The van der Waals surface area contributed by atoms with E-state index < -0.39 is 11.9 Å². The molecule has 0 heterocycles. The monoisotopic (exact) mass is 265 g/mol. The molecule has 106 valence electrons. The van der Waals surface area contributed by atoms with Gasteiger partial charge in [0.1, 0.15) is 0 Å². The van der Waals surface area contributed by atoms with Crippen LogP contribution in [0.4, 0.5) is 0 Å². The van der Waals surface area contributed by atoms with Crippen LogP contribution in [-0.2, 0) is 11.3 Å². The van der Waals surface area contributed by atoms with Crippen molar-refractivity contribution in [3.05, 3.63) is 35.4 Å². The lowest BCUT2D eigenvalue weighted by Crippen LogP contribution is -2.33. The van der Waals surface area contributed by atoms with Crippen LogP contribution in [0.5, 0.6) is 0 Å². The van der Waals surface area contributed by atoms with E-state index in [1.54, 1.807) is 6.92 Å². The minimum absolute atomic E-state index is 0.170. The van der Waals surface area contributed by atoms with Gasteiger partial charge in [-0.05, 0) is 30.9 Å². The summed E-state index contributed by atoms with van der Waals surface area (Å²) in [4.78, 5) is 10.9. The van der Waals surface area contributed by atoms with Crippen LogP contribution in [-0.4, -0.2) is 28.8 Å². The van der Waals surface area contributed by atoms with Gasteiger partial charge < -0.3 is 15.5 Å². The molecular formula is C15H23NO3. The van der Waals surface area contributed by atoms with Gasteiger partial charge in [0.15, 0.2) is 0 Å². The fourth-order valence-corrected chi connectivity index (χ4v) is 1.70. The summed E-state index contributed by atoms with van der Waals surface area (Å²) in [5, 5.41) is 21.3. The van der Waals surface area contributed by atoms with Crippen LogP contribution >= 0.6 is 0 Å². The van der Waals surface area contributed by atoms with Crippen molar-refractivity contribution >= 4 is 5.97 Å². The van der Waals surface area contributed by atoms with Gasteiger partial charge in [0, 0.05) is 19.2 Å². The number of carboxylic acids is 1. The van der Waals surface area contributed by atoms with Gasteiger partial charge in [-0.15, -0.1) is 0 Å². The Labute approximate surface area is 114 Å². The number of aliphatic hydroxyl groups excluding tert-OH is 1. The molecule has 0 amide bonds. The normalized spacial score (nSPS) is 15.8. The Hall–Kier alpha value is -1.39. The summed E-state index contributed by atoms with van der Waals surface area (Å²) in [5.74, 6) is -1.07. The summed E-state index contributed by atoms with van der Waals surface area (Å²) in [5.41, 5.74) is 1.92. The molecule has 0 radical (unpaired) electrons. The van der Waals surface area contributed by atoms with E-state index in [0.717, 1.165) is 11.1 Å².